The van der Waals surface area contributed by atoms with Crippen molar-refractivity contribution in [3.05, 3.63) is 71.4 Å². The zero-order valence-corrected chi connectivity index (χ0v) is 15.0. The van der Waals surface area contributed by atoms with E-state index in [0.29, 0.717) is 5.56 Å². The van der Waals surface area contributed by atoms with Crippen LogP contribution >= 0.6 is 0 Å². The summed E-state index contributed by atoms with van der Waals surface area (Å²) in [5.41, 5.74) is 5.02. The summed E-state index contributed by atoms with van der Waals surface area (Å²) in [6.07, 6.45) is 1.79. The standard InChI is InChI=1S/C21H24N2O/c1-21(2)17-11-6-7-12-18(17)23(5)20(21)14-19(24)15-9-8-10-16(13-15)22(3)4/h6-14H,1-5H3. The van der Waals surface area contributed by atoms with Crippen LogP contribution < -0.4 is 9.80 Å². The molecule has 0 saturated carbocycles. The number of allylic oxidation sites excluding steroid dienone is 2. The average Bonchev–Trinajstić information content (AvgIpc) is 2.76. The highest BCUT2D eigenvalue weighted by Crippen LogP contribution is 2.46. The number of carbonyl (C=O) groups excluding carboxylic acids is 1. The van der Waals surface area contributed by atoms with Gasteiger partial charge in [0.1, 0.15) is 0 Å². The minimum Gasteiger partial charge on any atom is -0.378 e. The molecule has 2 aromatic rings. The molecule has 0 saturated heterocycles. The van der Waals surface area contributed by atoms with E-state index in [2.05, 4.69) is 36.9 Å². The molecule has 1 aliphatic heterocycles. The van der Waals surface area contributed by atoms with Gasteiger partial charge in [-0.05, 0) is 23.8 Å². The Kier molecular flexibility index (Phi) is 3.96. The Labute approximate surface area is 144 Å². The van der Waals surface area contributed by atoms with Gasteiger partial charge in [0.2, 0.25) is 0 Å². The number of para-hydroxylation sites is 1. The predicted molar refractivity (Wildman–Crippen MR) is 101 cm³/mol. The van der Waals surface area contributed by atoms with Crippen molar-refractivity contribution in [1.82, 2.24) is 0 Å². The molecule has 0 amide bonds. The predicted octanol–water partition coefficient (Wildman–Crippen LogP) is 4.25. The van der Waals surface area contributed by atoms with Gasteiger partial charge in [0, 0.05) is 55.3 Å². The van der Waals surface area contributed by atoms with E-state index in [0.717, 1.165) is 11.4 Å². The molecule has 0 aromatic heterocycles. The number of fused-ring (bicyclic) bond motifs is 1. The molecule has 0 atom stereocenters. The molecule has 3 heteroatoms. The van der Waals surface area contributed by atoms with Gasteiger partial charge in [-0.15, -0.1) is 0 Å². The number of benzene rings is 2. The molecule has 0 radical (unpaired) electrons. The molecular formula is C21H24N2O. The van der Waals surface area contributed by atoms with E-state index in [1.807, 2.05) is 56.4 Å². The number of hydrogen-bond acceptors (Lipinski definition) is 3. The van der Waals surface area contributed by atoms with Crippen molar-refractivity contribution >= 4 is 17.2 Å². The SMILES string of the molecule is CN(C)c1cccc(C(=O)C=C2N(C)c3ccccc3C2(C)C)c1. The Bertz CT molecular complexity index is 818. The molecule has 0 unspecified atom stereocenters. The molecular weight excluding hydrogens is 296 g/mol. The normalized spacial score (nSPS) is 17.0. The second-order valence-corrected chi connectivity index (χ2v) is 7.04. The fraction of sp³-hybridized carbons (Fsp3) is 0.286. The lowest BCUT2D eigenvalue weighted by Crippen LogP contribution is -2.24. The first-order valence-corrected chi connectivity index (χ1v) is 8.19. The second-order valence-electron chi connectivity index (χ2n) is 7.04. The van der Waals surface area contributed by atoms with Gasteiger partial charge < -0.3 is 9.80 Å². The van der Waals surface area contributed by atoms with E-state index in [4.69, 9.17) is 0 Å². The van der Waals surface area contributed by atoms with E-state index in [1.165, 1.54) is 11.3 Å². The third kappa shape index (κ3) is 2.60. The Hall–Kier alpha value is -2.55. The van der Waals surface area contributed by atoms with Crippen molar-refractivity contribution in [2.24, 2.45) is 0 Å². The summed E-state index contributed by atoms with van der Waals surface area (Å²) < 4.78 is 0. The quantitative estimate of drug-likeness (QED) is 0.624. The van der Waals surface area contributed by atoms with Crippen LogP contribution in [0.4, 0.5) is 11.4 Å². The summed E-state index contributed by atoms with van der Waals surface area (Å²) in [7, 11) is 5.99. The number of hydrogen-bond donors (Lipinski definition) is 0. The third-order valence-corrected chi connectivity index (χ3v) is 4.86. The van der Waals surface area contributed by atoms with E-state index < -0.39 is 0 Å². The molecule has 0 N–H and O–H groups in total. The smallest absolute Gasteiger partial charge is 0.187 e. The molecule has 0 bridgehead atoms. The van der Waals surface area contributed by atoms with Gasteiger partial charge in [-0.2, -0.15) is 0 Å². The number of ketones is 1. The summed E-state index contributed by atoms with van der Waals surface area (Å²) in [6.45, 7) is 4.34. The van der Waals surface area contributed by atoms with Gasteiger partial charge in [-0.3, -0.25) is 4.79 Å². The van der Waals surface area contributed by atoms with Crippen LogP contribution in [0.5, 0.6) is 0 Å². The van der Waals surface area contributed by atoms with Crippen molar-refractivity contribution in [2.45, 2.75) is 19.3 Å². The summed E-state index contributed by atoms with van der Waals surface area (Å²) in [5.74, 6) is 0.0430. The lowest BCUT2D eigenvalue weighted by Gasteiger charge is -2.24. The summed E-state index contributed by atoms with van der Waals surface area (Å²) in [4.78, 5) is 17.0. The Balaban J connectivity index is 2.00. The topological polar surface area (TPSA) is 23.6 Å². The maximum absolute atomic E-state index is 12.8. The van der Waals surface area contributed by atoms with Crippen LogP contribution in [0.3, 0.4) is 0 Å². The number of nitrogens with zero attached hydrogens (tertiary/aromatic N) is 2. The van der Waals surface area contributed by atoms with Crippen LogP contribution in [0.15, 0.2) is 60.3 Å². The van der Waals surface area contributed by atoms with Crippen LogP contribution in [0.1, 0.15) is 29.8 Å². The second kappa shape index (κ2) is 5.82. The van der Waals surface area contributed by atoms with E-state index in [-0.39, 0.29) is 11.2 Å². The monoisotopic (exact) mass is 320 g/mol. The van der Waals surface area contributed by atoms with E-state index in [1.54, 1.807) is 6.08 Å². The van der Waals surface area contributed by atoms with Gasteiger partial charge in [0.25, 0.3) is 0 Å². The molecule has 0 fully saturated rings. The highest BCUT2D eigenvalue weighted by molar-refractivity contribution is 6.06. The molecule has 2 aromatic carbocycles. The van der Waals surface area contributed by atoms with Crippen molar-refractivity contribution in [3.63, 3.8) is 0 Å². The van der Waals surface area contributed by atoms with Crippen LogP contribution in [0, 0.1) is 0 Å². The molecule has 0 spiro atoms. The fourth-order valence-electron chi connectivity index (χ4n) is 3.40. The number of likely N-dealkylation sites (N-methyl/N-ethyl adjacent to an activating group) is 1. The Morgan fingerprint density at radius 1 is 1.08 bits per heavy atom. The van der Waals surface area contributed by atoms with Crippen LogP contribution in [0.2, 0.25) is 0 Å². The van der Waals surface area contributed by atoms with Crippen LogP contribution in [-0.4, -0.2) is 26.9 Å². The number of rotatable bonds is 3. The largest absolute Gasteiger partial charge is 0.378 e. The molecule has 3 nitrogen and oxygen atoms in total. The van der Waals surface area contributed by atoms with Gasteiger partial charge >= 0.3 is 0 Å². The summed E-state index contributed by atoms with van der Waals surface area (Å²) in [6, 6.07) is 16.1. The van der Waals surface area contributed by atoms with Crippen molar-refractivity contribution < 1.29 is 4.79 Å². The van der Waals surface area contributed by atoms with E-state index >= 15 is 0 Å². The lowest BCUT2D eigenvalue weighted by molar-refractivity contribution is 0.104. The minimum atomic E-state index is -0.180. The average molecular weight is 320 g/mol. The van der Waals surface area contributed by atoms with Crippen molar-refractivity contribution in [1.29, 1.82) is 0 Å². The summed E-state index contributed by atoms with van der Waals surface area (Å²) in [5, 5.41) is 0. The first-order chi connectivity index (χ1) is 11.3. The molecule has 0 aliphatic carbocycles. The zero-order chi connectivity index (χ0) is 17.5. The minimum absolute atomic E-state index is 0.0430. The van der Waals surface area contributed by atoms with E-state index in [9.17, 15) is 4.79 Å². The summed E-state index contributed by atoms with van der Waals surface area (Å²) >= 11 is 0. The van der Waals surface area contributed by atoms with Crippen LogP contribution in [-0.2, 0) is 5.41 Å². The molecule has 1 aliphatic rings. The van der Waals surface area contributed by atoms with Gasteiger partial charge in [0.05, 0.1) is 0 Å². The van der Waals surface area contributed by atoms with Gasteiger partial charge in [-0.1, -0.05) is 44.2 Å². The maximum Gasteiger partial charge on any atom is 0.187 e. The Morgan fingerprint density at radius 2 is 1.79 bits per heavy atom. The lowest BCUT2D eigenvalue weighted by atomic mass is 9.83. The zero-order valence-electron chi connectivity index (χ0n) is 15.0. The number of anilines is 2. The van der Waals surface area contributed by atoms with Gasteiger partial charge in [-0.25, -0.2) is 0 Å². The molecule has 3 rings (SSSR count). The van der Waals surface area contributed by atoms with Crippen molar-refractivity contribution in [2.75, 3.05) is 30.9 Å². The fourth-order valence-corrected chi connectivity index (χ4v) is 3.40. The highest BCUT2D eigenvalue weighted by atomic mass is 16.1. The third-order valence-electron chi connectivity index (χ3n) is 4.86. The number of carbonyl (C=O) groups is 1. The van der Waals surface area contributed by atoms with Crippen molar-refractivity contribution in [3.8, 4) is 0 Å². The molecule has 24 heavy (non-hydrogen) atoms. The first-order valence-electron chi connectivity index (χ1n) is 8.19. The molecule has 1 heterocycles. The molecule has 124 valence electrons. The van der Waals surface area contributed by atoms with Crippen LogP contribution in [0.25, 0.3) is 0 Å². The van der Waals surface area contributed by atoms with Gasteiger partial charge in [0.15, 0.2) is 5.78 Å². The Morgan fingerprint density at radius 3 is 2.46 bits per heavy atom. The maximum atomic E-state index is 12.8. The first kappa shape index (κ1) is 16.3. The highest BCUT2D eigenvalue weighted by Gasteiger charge is 2.38.